The Labute approximate surface area is 201 Å². The Morgan fingerprint density at radius 3 is 2.12 bits per heavy atom. The van der Waals surface area contributed by atoms with E-state index < -0.39 is 35.1 Å². The molecule has 0 saturated heterocycles. The zero-order valence-electron chi connectivity index (χ0n) is 20.9. The molecule has 3 N–H and O–H groups in total. The fourth-order valence-electron chi connectivity index (χ4n) is 3.48. The van der Waals surface area contributed by atoms with Gasteiger partial charge >= 0.3 is 6.09 Å². The number of anilines is 1. The highest BCUT2D eigenvalue weighted by molar-refractivity contribution is 5.99. The van der Waals surface area contributed by atoms with E-state index in [2.05, 4.69) is 10.6 Å². The third-order valence-electron chi connectivity index (χ3n) is 4.92. The summed E-state index contributed by atoms with van der Waals surface area (Å²) in [6.07, 6.45) is -0.738. The maximum absolute atomic E-state index is 13.6. The minimum Gasteiger partial charge on any atom is -0.508 e. The van der Waals surface area contributed by atoms with Crippen LogP contribution in [0.5, 0.6) is 5.75 Å². The normalized spacial score (nSPS) is 12.4. The molecule has 0 radical (unpaired) electrons. The van der Waals surface area contributed by atoms with Gasteiger partial charge in [-0.05, 0) is 66.2 Å². The maximum atomic E-state index is 13.6. The van der Waals surface area contributed by atoms with Crippen LogP contribution in [0.4, 0.5) is 10.5 Å². The molecule has 2 rings (SSSR count). The van der Waals surface area contributed by atoms with E-state index in [1.807, 2.05) is 19.1 Å². The van der Waals surface area contributed by atoms with E-state index in [-0.39, 0.29) is 17.9 Å². The summed E-state index contributed by atoms with van der Waals surface area (Å²) in [5.41, 5.74) is 0.174. The average Bonchev–Trinajstić information content (AvgIpc) is 2.70. The van der Waals surface area contributed by atoms with Gasteiger partial charge in [-0.3, -0.25) is 9.59 Å². The molecule has 0 aliphatic carbocycles. The molecule has 0 saturated carbocycles. The fourth-order valence-corrected chi connectivity index (χ4v) is 3.48. The summed E-state index contributed by atoms with van der Waals surface area (Å²) in [7, 11) is 0. The summed E-state index contributed by atoms with van der Waals surface area (Å²) in [4.78, 5) is 40.5. The Kier molecular flexibility index (Phi) is 8.31. The third-order valence-corrected chi connectivity index (χ3v) is 4.92. The molecule has 34 heavy (non-hydrogen) atoms. The van der Waals surface area contributed by atoms with E-state index in [1.54, 1.807) is 71.9 Å². The first kappa shape index (κ1) is 26.7. The summed E-state index contributed by atoms with van der Waals surface area (Å²) in [5.74, 6) is -1.11. The van der Waals surface area contributed by atoms with Crippen LogP contribution in [0.25, 0.3) is 0 Å². The molecule has 184 valence electrons. The Bertz CT molecular complexity index is 1040. The first-order valence-corrected chi connectivity index (χ1v) is 11.1. The molecular formula is C26H35N3O5. The molecule has 8 heteroatoms. The van der Waals surface area contributed by atoms with Crippen molar-refractivity contribution < 1.29 is 24.2 Å². The lowest BCUT2D eigenvalue weighted by atomic mass is 9.95. The van der Waals surface area contributed by atoms with E-state index in [0.717, 1.165) is 5.56 Å². The van der Waals surface area contributed by atoms with Crippen molar-refractivity contribution in [2.24, 2.45) is 0 Å². The van der Waals surface area contributed by atoms with Gasteiger partial charge in [-0.25, -0.2) is 4.79 Å². The van der Waals surface area contributed by atoms with Crippen LogP contribution in [-0.2, 0) is 14.3 Å². The second kappa shape index (κ2) is 10.6. The number of rotatable bonds is 6. The van der Waals surface area contributed by atoms with Gasteiger partial charge in [0.25, 0.3) is 5.91 Å². The molecule has 0 aliphatic rings. The predicted octanol–water partition coefficient (Wildman–Crippen LogP) is 4.53. The van der Waals surface area contributed by atoms with Crippen molar-refractivity contribution in [1.82, 2.24) is 10.2 Å². The fraction of sp³-hybridized carbons (Fsp3) is 0.423. The van der Waals surface area contributed by atoms with Crippen LogP contribution >= 0.6 is 0 Å². The van der Waals surface area contributed by atoms with Gasteiger partial charge in [0.15, 0.2) is 0 Å². The van der Waals surface area contributed by atoms with Crippen LogP contribution in [0.1, 0.15) is 58.7 Å². The van der Waals surface area contributed by atoms with Crippen molar-refractivity contribution >= 4 is 23.6 Å². The number of para-hydroxylation sites is 2. The first-order chi connectivity index (χ1) is 15.7. The zero-order chi connectivity index (χ0) is 25.7. The standard InChI is InChI=1S/C26H35N3O5/c1-17-12-8-10-14-19(17)28-23(32)22(18-13-9-11-15-20(18)30)29(25(2,3)4)21(31)16-27-24(33)34-26(5,6)7/h8-15,22,30H,16H2,1-7H3,(H,27,33)(H,28,32). The molecule has 0 fully saturated rings. The molecule has 2 aromatic rings. The second-order valence-electron chi connectivity index (χ2n) is 10.1. The Morgan fingerprint density at radius 1 is 0.971 bits per heavy atom. The van der Waals surface area contributed by atoms with Gasteiger partial charge in [0.1, 0.15) is 23.9 Å². The molecule has 0 aromatic heterocycles. The Morgan fingerprint density at radius 2 is 1.56 bits per heavy atom. The van der Waals surface area contributed by atoms with E-state index >= 15 is 0 Å². The van der Waals surface area contributed by atoms with Gasteiger partial charge in [0, 0.05) is 16.8 Å². The summed E-state index contributed by atoms with van der Waals surface area (Å²) >= 11 is 0. The van der Waals surface area contributed by atoms with Crippen LogP contribution in [0, 0.1) is 6.92 Å². The van der Waals surface area contributed by atoms with Gasteiger partial charge < -0.3 is 25.4 Å². The van der Waals surface area contributed by atoms with Crippen molar-refractivity contribution in [3.8, 4) is 5.75 Å². The number of ether oxygens (including phenoxy) is 1. The number of aromatic hydroxyl groups is 1. The van der Waals surface area contributed by atoms with Crippen LogP contribution in [0.15, 0.2) is 48.5 Å². The summed E-state index contributed by atoms with van der Waals surface area (Å²) in [5, 5.41) is 15.9. The van der Waals surface area contributed by atoms with Crippen LogP contribution in [0.2, 0.25) is 0 Å². The molecule has 0 aliphatic heterocycles. The smallest absolute Gasteiger partial charge is 0.408 e. The minimum atomic E-state index is -1.16. The number of alkyl carbamates (subject to hydrolysis) is 1. The van der Waals surface area contributed by atoms with Gasteiger partial charge in [0.2, 0.25) is 5.91 Å². The highest BCUT2D eigenvalue weighted by Gasteiger charge is 2.39. The lowest BCUT2D eigenvalue weighted by Crippen LogP contribution is -2.54. The SMILES string of the molecule is Cc1ccccc1NC(=O)C(c1ccccc1O)N(C(=O)CNC(=O)OC(C)(C)C)C(C)(C)C. The third kappa shape index (κ3) is 7.23. The van der Waals surface area contributed by atoms with Crippen molar-refractivity contribution in [2.75, 3.05) is 11.9 Å². The molecule has 2 aromatic carbocycles. The molecule has 3 amide bonds. The molecule has 0 bridgehead atoms. The summed E-state index contributed by atoms with van der Waals surface area (Å²) < 4.78 is 5.22. The Hall–Kier alpha value is -3.55. The van der Waals surface area contributed by atoms with E-state index in [0.29, 0.717) is 5.69 Å². The quantitative estimate of drug-likeness (QED) is 0.576. The topological polar surface area (TPSA) is 108 Å². The maximum Gasteiger partial charge on any atom is 0.408 e. The molecule has 8 nitrogen and oxygen atoms in total. The number of phenols is 1. The number of benzene rings is 2. The van der Waals surface area contributed by atoms with Gasteiger partial charge in [0.05, 0.1) is 0 Å². The van der Waals surface area contributed by atoms with Gasteiger partial charge in [-0.2, -0.15) is 0 Å². The van der Waals surface area contributed by atoms with E-state index in [4.69, 9.17) is 4.74 Å². The zero-order valence-corrected chi connectivity index (χ0v) is 20.9. The molecular weight excluding hydrogens is 434 g/mol. The van der Waals surface area contributed by atoms with Crippen LogP contribution < -0.4 is 10.6 Å². The molecule has 0 spiro atoms. The van der Waals surface area contributed by atoms with Crippen LogP contribution in [0.3, 0.4) is 0 Å². The molecule has 1 atom stereocenters. The Balaban J connectivity index is 2.44. The second-order valence-corrected chi connectivity index (χ2v) is 10.1. The van der Waals surface area contributed by atoms with Gasteiger partial charge in [-0.15, -0.1) is 0 Å². The summed E-state index contributed by atoms with van der Waals surface area (Å²) in [6, 6.07) is 12.5. The largest absolute Gasteiger partial charge is 0.508 e. The van der Waals surface area contributed by atoms with Crippen molar-refractivity contribution in [3.05, 3.63) is 59.7 Å². The van der Waals surface area contributed by atoms with Crippen molar-refractivity contribution in [1.29, 1.82) is 0 Å². The number of aryl methyl sites for hydroxylation is 1. The minimum absolute atomic E-state index is 0.116. The van der Waals surface area contributed by atoms with E-state index in [9.17, 15) is 19.5 Å². The average molecular weight is 470 g/mol. The van der Waals surface area contributed by atoms with Crippen molar-refractivity contribution in [3.63, 3.8) is 0 Å². The molecule has 1 unspecified atom stereocenters. The number of nitrogens with zero attached hydrogens (tertiary/aromatic N) is 1. The van der Waals surface area contributed by atoms with Crippen molar-refractivity contribution in [2.45, 2.75) is 65.6 Å². The summed E-state index contributed by atoms with van der Waals surface area (Å²) in [6.45, 7) is 12.0. The highest BCUT2D eigenvalue weighted by Crippen LogP contribution is 2.34. The number of amides is 3. The number of nitrogens with one attached hydrogen (secondary N) is 2. The van der Waals surface area contributed by atoms with Crippen LogP contribution in [-0.4, -0.2) is 45.6 Å². The number of phenolic OH excluding ortho intramolecular Hbond substituents is 1. The number of carbonyl (C=O) groups excluding carboxylic acids is 3. The first-order valence-electron chi connectivity index (χ1n) is 11.1. The number of hydrogen-bond acceptors (Lipinski definition) is 5. The lowest BCUT2D eigenvalue weighted by Gasteiger charge is -2.41. The van der Waals surface area contributed by atoms with Gasteiger partial charge in [-0.1, -0.05) is 36.4 Å². The number of carbonyl (C=O) groups is 3. The lowest BCUT2D eigenvalue weighted by molar-refractivity contribution is -0.144. The number of hydrogen-bond donors (Lipinski definition) is 3. The monoisotopic (exact) mass is 469 g/mol. The highest BCUT2D eigenvalue weighted by atomic mass is 16.6. The van der Waals surface area contributed by atoms with E-state index in [1.165, 1.54) is 11.0 Å². The predicted molar refractivity (Wildman–Crippen MR) is 131 cm³/mol. The molecule has 0 heterocycles.